The smallest absolute Gasteiger partial charge is 0.225 e. The van der Waals surface area contributed by atoms with Gasteiger partial charge in [-0.2, -0.15) is 0 Å². The van der Waals surface area contributed by atoms with Gasteiger partial charge in [0.05, 0.1) is 22.8 Å². The molecule has 0 radical (unpaired) electrons. The van der Waals surface area contributed by atoms with E-state index in [-0.39, 0.29) is 28.0 Å². The van der Waals surface area contributed by atoms with Crippen LogP contribution in [0.15, 0.2) is 47.4 Å². The van der Waals surface area contributed by atoms with E-state index in [0.717, 1.165) is 5.56 Å². The lowest BCUT2D eigenvalue weighted by atomic mass is 10.2. The first-order valence-corrected chi connectivity index (χ1v) is 9.28. The van der Waals surface area contributed by atoms with E-state index in [0.29, 0.717) is 11.4 Å². The first kappa shape index (κ1) is 18.3. The van der Waals surface area contributed by atoms with Gasteiger partial charge in [0.25, 0.3) is 0 Å². The number of aryl methyl sites for hydroxylation is 1. The van der Waals surface area contributed by atoms with Crippen molar-refractivity contribution in [3.05, 3.63) is 53.1 Å². The van der Waals surface area contributed by atoms with E-state index in [1.807, 2.05) is 19.1 Å². The first-order chi connectivity index (χ1) is 11.3. The van der Waals surface area contributed by atoms with Crippen LogP contribution in [0, 0.1) is 6.92 Å². The molecule has 2 aromatic rings. The molecule has 1 N–H and O–H groups in total. The molecular weight excluding hydrogens is 350 g/mol. The number of methoxy groups -OCH3 is 1. The average molecular weight is 368 g/mol. The van der Waals surface area contributed by atoms with Crippen molar-refractivity contribution < 1.29 is 17.9 Å². The van der Waals surface area contributed by atoms with Gasteiger partial charge < -0.3 is 10.1 Å². The van der Waals surface area contributed by atoms with Crippen LogP contribution >= 0.6 is 11.6 Å². The van der Waals surface area contributed by atoms with Crippen molar-refractivity contribution in [2.45, 2.75) is 18.2 Å². The Hall–Kier alpha value is -2.05. The number of halogens is 1. The van der Waals surface area contributed by atoms with Crippen LogP contribution in [-0.2, 0) is 14.6 Å². The Labute approximate surface area is 146 Å². The van der Waals surface area contributed by atoms with Crippen LogP contribution in [0.4, 0.5) is 5.69 Å². The van der Waals surface area contributed by atoms with Gasteiger partial charge in [0.1, 0.15) is 5.75 Å². The van der Waals surface area contributed by atoms with E-state index in [9.17, 15) is 13.2 Å². The molecule has 2 rings (SSSR count). The van der Waals surface area contributed by atoms with Gasteiger partial charge in [-0.1, -0.05) is 29.8 Å². The third kappa shape index (κ3) is 4.49. The number of nitrogens with one attached hydrogen (secondary N) is 1. The molecule has 0 unspecified atom stereocenters. The standard InChI is InChI=1S/C17H18ClNO4S/c1-12-5-3-4-6-15(12)19-17(20)9-10-24(21,22)13-7-8-16(23-2)14(18)11-13/h3-8,11H,9-10H2,1-2H3,(H,19,20). The van der Waals surface area contributed by atoms with Crippen molar-refractivity contribution in [2.24, 2.45) is 0 Å². The number of carbonyl (C=O) groups excluding carboxylic acids is 1. The van der Waals surface area contributed by atoms with E-state index in [4.69, 9.17) is 16.3 Å². The second kappa shape index (κ2) is 7.68. The fraction of sp³-hybridized carbons (Fsp3) is 0.235. The van der Waals surface area contributed by atoms with E-state index in [2.05, 4.69) is 5.32 Å². The fourth-order valence-corrected chi connectivity index (χ4v) is 3.70. The molecule has 24 heavy (non-hydrogen) atoms. The lowest BCUT2D eigenvalue weighted by Crippen LogP contribution is -2.18. The van der Waals surface area contributed by atoms with Gasteiger partial charge in [-0.3, -0.25) is 4.79 Å². The summed E-state index contributed by atoms with van der Waals surface area (Å²) in [6, 6.07) is 11.5. The van der Waals surface area contributed by atoms with Gasteiger partial charge >= 0.3 is 0 Å². The number of carbonyl (C=O) groups is 1. The van der Waals surface area contributed by atoms with Crippen molar-refractivity contribution in [3.8, 4) is 5.75 Å². The predicted octanol–water partition coefficient (Wildman–Crippen LogP) is 3.46. The minimum absolute atomic E-state index is 0.0667. The van der Waals surface area contributed by atoms with E-state index < -0.39 is 9.84 Å². The van der Waals surface area contributed by atoms with Gasteiger partial charge in [-0.05, 0) is 36.8 Å². The summed E-state index contributed by atoms with van der Waals surface area (Å²) in [7, 11) is -2.16. The molecule has 2 aromatic carbocycles. The van der Waals surface area contributed by atoms with Gasteiger partial charge in [0, 0.05) is 12.1 Å². The van der Waals surface area contributed by atoms with Crippen LogP contribution in [0.5, 0.6) is 5.75 Å². The maximum atomic E-state index is 12.3. The van der Waals surface area contributed by atoms with Crippen LogP contribution in [0.3, 0.4) is 0 Å². The molecule has 0 saturated carbocycles. The van der Waals surface area contributed by atoms with Crippen LogP contribution < -0.4 is 10.1 Å². The summed E-state index contributed by atoms with van der Waals surface area (Å²) in [6.45, 7) is 1.87. The van der Waals surface area contributed by atoms with Crippen molar-refractivity contribution in [3.63, 3.8) is 0 Å². The molecule has 0 heterocycles. The number of para-hydroxylation sites is 1. The fourth-order valence-electron chi connectivity index (χ4n) is 2.11. The lowest BCUT2D eigenvalue weighted by Gasteiger charge is -2.09. The highest BCUT2D eigenvalue weighted by Crippen LogP contribution is 2.27. The summed E-state index contributed by atoms with van der Waals surface area (Å²) >= 11 is 5.95. The molecule has 0 fully saturated rings. The lowest BCUT2D eigenvalue weighted by molar-refractivity contribution is -0.115. The van der Waals surface area contributed by atoms with Crippen LogP contribution in [-0.4, -0.2) is 27.2 Å². The summed E-state index contributed by atoms with van der Waals surface area (Å²) in [4.78, 5) is 12.1. The Morgan fingerprint density at radius 1 is 1.21 bits per heavy atom. The van der Waals surface area contributed by atoms with Gasteiger partial charge in [-0.25, -0.2) is 8.42 Å². The number of hydrogen-bond donors (Lipinski definition) is 1. The molecule has 0 aliphatic heterocycles. The Bertz CT molecular complexity index is 849. The zero-order valence-corrected chi connectivity index (χ0v) is 14.9. The summed E-state index contributed by atoms with van der Waals surface area (Å²) < 4.78 is 29.7. The van der Waals surface area contributed by atoms with Crippen molar-refractivity contribution in [1.29, 1.82) is 0 Å². The van der Waals surface area contributed by atoms with E-state index >= 15 is 0 Å². The molecule has 0 aliphatic carbocycles. The number of benzene rings is 2. The molecule has 1 amide bonds. The molecule has 0 bridgehead atoms. The summed E-state index contributed by atoms with van der Waals surface area (Å²) in [5.74, 6) is -0.256. The molecular formula is C17H18ClNO4S. The topological polar surface area (TPSA) is 72.5 Å². The quantitative estimate of drug-likeness (QED) is 0.848. The van der Waals surface area contributed by atoms with Gasteiger partial charge in [0.15, 0.2) is 9.84 Å². The highest BCUT2D eigenvalue weighted by molar-refractivity contribution is 7.91. The Balaban J connectivity index is 2.03. The highest BCUT2D eigenvalue weighted by Gasteiger charge is 2.18. The summed E-state index contributed by atoms with van der Waals surface area (Å²) in [5.41, 5.74) is 1.59. The maximum absolute atomic E-state index is 12.3. The van der Waals surface area contributed by atoms with Crippen molar-refractivity contribution >= 4 is 33.0 Å². The predicted molar refractivity (Wildman–Crippen MR) is 94.5 cm³/mol. The minimum Gasteiger partial charge on any atom is -0.495 e. The first-order valence-electron chi connectivity index (χ1n) is 7.25. The Morgan fingerprint density at radius 2 is 1.92 bits per heavy atom. The molecule has 0 aliphatic rings. The normalized spacial score (nSPS) is 11.1. The molecule has 0 saturated heterocycles. The van der Waals surface area contributed by atoms with Crippen molar-refractivity contribution in [1.82, 2.24) is 0 Å². The monoisotopic (exact) mass is 367 g/mol. The number of hydrogen-bond acceptors (Lipinski definition) is 4. The van der Waals surface area contributed by atoms with Gasteiger partial charge in [-0.15, -0.1) is 0 Å². The zero-order valence-electron chi connectivity index (χ0n) is 13.4. The number of rotatable bonds is 6. The zero-order chi connectivity index (χ0) is 17.7. The van der Waals surface area contributed by atoms with E-state index in [1.54, 1.807) is 12.1 Å². The SMILES string of the molecule is COc1ccc(S(=O)(=O)CCC(=O)Nc2ccccc2C)cc1Cl. The maximum Gasteiger partial charge on any atom is 0.225 e. The molecule has 0 atom stereocenters. The third-order valence-corrected chi connectivity index (χ3v) is 5.51. The van der Waals surface area contributed by atoms with Gasteiger partial charge in [0.2, 0.25) is 5.91 Å². The van der Waals surface area contributed by atoms with E-state index in [1.165, 1.54) is 25.3 Å². The second-order valence-electron chi connectivity index (χ2n) is 5.23. The Kier molecular flexibility index (Phi) is 5.85. The Morgan fingerprint density at radius 3 is 2.54 bits per heavy atom. The number of anilines is 1. The largest absolute Gasteiger partial charge is 0.495 e. The average Bonchev–Trinajstić information content (AvgIpc) is 2.55. The number of sulfone groups is 1. The number of amides is 1. The molecule has 128 valence electrons. The van der Waals surface area contributed by atoms with Crippen molar-refractivity contribution in [2.75, 3.05) is 18.2 Å². The molecule has 7 heteroatoms. The number of ether oxygens (including phenoxy) is 1. The highest BCUT2D eigenvalue weighted by atomic mass is 35.5. The van der Waals surface area contributed by atoms with Crippen LogP contribution in [0.25, 0.3) is 0 Å². The minimum atomic E-state index is -3.61. The van der Waals surface area contributed by atoms with Crippen LogP contribution in [0.1, 0.15) is 12.0 Å². The molecule has 0 aromatic heterocycles. The summed E-state index contributed by atoms with van der Waals surface area (Å²) in [5, 5.41) is 2.93. The molecule has 0 spiro atoms. The third-order valence-electron chi connectivity index (χ3n) is 3.50. The second-order valence-corrected chi connectivity index (χ2v) is 7.74. The van der Waals surface area contributed by atoms with Crippen LogP contribution in [0.2, 0.25) is 5.02 Å². The summed E-state index contributed by atoms with van der Waals surface area (Å²) in [6.07, 6.45) is -0.139. The molecule has 5 nitrogen and oxygen atoms in total.